The quantitative estimate of drug-likeness (QED) is 0.785. The van der Waals surface area contributed by atoms with Gasteiger partial charge in [-0.25, -0.2) is 8.78 Å². The molecule has 0 radical (unpaired) electrons. The summed E-state index contributed by atoms with van der Waals surface area (Å²) in [5, 5.41) is 3.18. The normalized spacial score (nSPS) is 12.0. The molecule has 1 N–H and O–H groups in total. The topological polar surface area (TPSA) is 21.3 Å². The summed E-state index contributed by atoms with van der Waals surface area (Å²) < 4.78 is 32.6. The zero-order valence-electron chi connectivity index (χ0n) is 11.8. The van der Waals surface area contributed by atoms with E-state index < -0.39 is 5.82 Å². The molecule has 1 unspecified atom stereocenters. The van der Waals surface area contributed by atoms with E-state index in [0.29, 0.717) is 16.8 Å². The highest BCUT2D eigenvalue weighted by Crippen LogP contribution is 2.26. The number of ether oxygens (including phenoxy) is 1. The molecule has 2 aromatic rings. The van der Waals surface area contributed by atoms with Crippen LogP contribution in [-0.2, 0) is 0 Å². The van der Waals surface area contributed by atoms with Crippen LogP contribution >= 0.6 is 15.9 Å². The number of nitrogens with one attached hydrogen (secondary N) is 1. The molecule has 2 nitrogen and oxygen atoms in total. The molecule has 0 heterocycles. The highest BCUT2D eigenvalue weighted by Gasteiger charge is 2.10. The zero-order chi connectivity index (χ0) is 15.4. The van der Waals surface area contributed by atoms with Gasteiger partial charge in [-0.1, -0.05) is 6.07 Å². The van der Waals surface area contributed by atoms with E-state index in [1.807, 2.05) is 6.92 Å². The fraction of sp³-hybridized carbons (Fsp3) is 0.250. The van der Waals surface area contributed by atoms with Crippen molar-refractivity contribution in [3.05, 3.63) is 58.1 Å². The van der Waals surface area contributed by atoms with E-state index in [1.54, 1.807) is 31.2 Å². The molecule has 1 atom stereocenters. The SMILES string of the molecule is CCOc1ccc(NC(C)c2ccc(F)c(Br)c2)cc1F. The third-order valence-corrected chi connectivity index (χ3v) is 3.67. The minimum absolute atomic E-state index is 0.0840. The first-order valence-corrected chi connectivity index (χ1v) is 7.44. The molecule has 0 amide bonds. The van der Waals surface area contributed by atoms with Gasteiger partial charge in [-0.3, -0.25) is 0 Å². The fourth-order valence-electron chi connectivity index (χ4n) is 1.98. The number of hydrogen-bond acceptors (Lipinski definition) is 2. The second kappa shape index (κ2) is 6.89. The summed E-state index contributed by atoms with van der Waals surface area (Å²) in [4.78, 5) is 0. The Morgan fingerprint density at radius 3 is 2.52 bits per heavy atom. The minimum Gasteiger partial charge on any atom is -0.491 e. The Morgan fingerprint density at radius 2 is 1.90 bits per heavy atom. The molecular weight excluding hydrogens is 340 g/mol. The van der Waals surface area contributed by atoms with E-state index >= 15 is 0 Å². The standard InChI is InChI=1S/C16H16BrF2NO/c1-3-21-16-7-5-12(9-15(16)19)20-10(2)11-4-6-14(18)13(17)8-11/h4-10,20H,3H2,1-2H3. The van der Waals surface area contributed by atoms with Crippen LogP contribution in [-0.4, -0.2) is 6.61 Å². The van der Waals surface area contributed by atoms with Crippen LogP contribution in [0.1, 0.15) is 25.5 Å². The molecule has 112 valence electrons. The Bertz CT molecular complexity index is 634. The lowest BCUT2D eigenvalue weighted by Gasteiger charge is -2.17. The highest BCUT2D eigenvalue weighted by atomic mass is 79.9. The fourth-order valence-corrected chi connectivity index (χ4v) is 2.37. The first-order valence-electron chi connectivity index (χ1n) is 6.65. The van der Waals surface area contributed by atoms with Crippen LogP contribution in [0.4, 0.5) is 14.5 Å². The van der Waals surface area contributed by atoms with Gasteiger partial charge in [0.15, 0.2) is 11.6 Å². The Kier molecular flexibility index (Phi) is 5.17. The van der Waals surface area contributed by atoms with Gasteiger partial charge in [0, 0.05) is 17.8 Å². The molecule has 0 aliphatic carbocycles. The van der Waals surface area contributed by atoms with Crippen LogP contribution in [0.25, 0.3) is 0 Å². The monoisotopic (exact) mass is 355 g/mol. The van der Waals surface area contributed by atoms with Crippen molar-refractivity contribution in [3.8, 4) is 5.75 Å². The molecule has 0 aliphatic rings. The number of benzene rings is 2. The third kappa shape index (κ3) is 3.94. The first kappa shape index (κ1) is 15.8. The van der Waals surface area contributed by atoms with E-state index in [-0.39, 0.29) is 17.6 Å². The van der Waals surface area contributed by atoms with Gasteiger partial charge >= 0.3 is 0 Å². The Balaban J connectivity index is 2.13. The lowest BCUT2D eigenvalue weighted by Crippen LogP contribution is -2.07. The van der Waals surface area contributed by atoms with Gasteiger partial charge in [0.25, 0.3) is 0 Å². The number of anilines is 1. The van der Waals surface area contributed by atoms with Gasteiger partial charge in [-0.05, 0) is 59.6 Å². The van der Waals surface area contributed by atoms with E-state index in [9.17, 15) is 8.78 Å². The summed E-state index contributed by atoms with van der Waals surface area (Å²) >= 11 is 3.16. The second-order valence-corrected chi connectivity index (χ2v) is 5.47. The maximum atomic E-state index is 13.8. The van der Waals surface area contributed by atoms with Crippen molar-refractivity contribution >= 4 is 21.6 Å². The summed E-state index contributed by atoms with van der Waals surface area (Å²) in [5.41, 5.74) is 1.54. The summed E-state index contributed by atoms with van der Waals surface area (Å²) in [5.74, 6) is -0.479. The molecule has 0 saturated carbocycles. The molecule has 0 fully saturated rings. The molecule has 0 spiro atoms. The smallest absolute Gasteiger partial charge is 0.167 e. The molecule has 21 heavy (non-hydrogen) atoms. The summed E-state index contributed by atoms with van der Waals surface area (Å²) in [7, 11) is 0. The van der Waals surface area contributed by atoms with Crippen LogP contribution in [0, 0.1) is 11.6 Å². The van der Waals surface area contributed by atoms with Crippen molar-refractivity contribution in [1.29, 1.82) is 0 Å². The Hall–Kier alpha value is -1.62. The van der Waals surface area contributed by atoms with Crippen molar-refractivity contribution in [2.24, 2.45) is 0 Å². The Labute approximate surface area is 131 Å². The van der Waals surface area contributed by atoms with E-state index in [2.05, 4.69) is 21.2 Å². The average Bonchev–Trinajstić information content (AvgIpc) is 2.45. The molecular formula is C16H16BrF2NO. The van der Waals surface area contributed by atoms with Crippen molar-refractivity contribution in [2.75, 3.05) is 11.9 Å². The lowest BCUT2D eigenvalue weighted by molar-refractivity contribution is 0.321. The average molecular weight is 356 g/mol. The Morgan fingerprint density at radius 1 is 1.14 bits per heavy atom. The number of halogens is 3. The molecule has 0 aromatic heterocycles. The molecule has 5 heteroatoms. The second-order valence-electron chi connectivity index (χ2n) is 4.62. The van der Waals surface area contributed by atoms with Crippen LogP contribution < -0.4 is 10.1 Å². The lowest BCUT2D eigenvalue weighted by atomic mass is 10.1. The van der Waals surface area contributed by atoms with Crippen molar-refractivity contribution < 1.29 is 13.5 Å². The van der Waals surface area contributed by atoms with E-state index in [4.69, 9.17) is 4.74 Å². The number of hydrogen-bond donors (Lipinski definition) is 1. The van der Waals surface area contributed by atoms with Gasteiger partial charge in [-0.2, -0.15) is 0 Å². The van der Waals surface area contributed by atoms with Gasteiger partial charge in [0.2, 0.25) is 0 Å². The maximum absolute atomic E-state index is 13.8. The summed E-state index contributed by atoms with van der Waals surface area (Å²) in [6.07, 6.45) is 0. The third-order valence-electron chi connectivity index (χ3n) is 3.06. The summed E-state index contributed by atoms with van der Waals surface area (Å²) in [6, 6.07) is 9.45. The predicted octanol–water partition coefficient (Wildman–Crippen LogP) is 5.30. The van der Waals surface area contributed by atoms with E-state index in [0.717, 1.165) is 5.56 Å². The molecule has 2 aromatic carbocycles. The highest BCUT2D eigenvalue weighted by molar-refractivity contribution is 9.10. The van der Waals surface area contributed by atoms with Gasteiger partial charge < -0.3 is 10.1 Å². The molecule has 0 bridgehead atoms. The molecule has 0 aliphatic heterocycles. The first-order chi connectivity index (χ1) is 10.0. The molecule has 2 rings (SSSR count). The van der Waals surface area contributed by atoms with Crippen LogP contribution in [0.5, 0.6) is 5.75 Å². The maximum Gasteiger partial charge on any atom is 0.167 e. The number of rotatable bonds is 5. The van der Waals surface area contributed by atoms with Crippen molar-refractivity contribution in [2.45, 2.75) is 19.9 Å². The minimum atomic E-state index is -0.408. The predicted molar refractivity (Wildman–Crippen MR) is 83.7 cm³/mol. The van der Waals surface area contributed by atoms with Crippen LogP contribution in [0.15, 0.2) is 40.9 Å². The molecule has 0 saturated heterocycles. The summed E-state index contributed by atoms with van der Waals surface area (Å²) in [6.45, 7) is 4.15. The van der Waals surface area contributed by atoms with Crippen molar-refractivity contribution in [1.82, 2.24) is 0 Å². The van der Waals surface area contributed by atoms with E-state index in [1.165, 1.54) is 12.1 Å². The largest absolute Gasteiger partial charge is 0.491 e. The van der Waals surface area contributed by atoms with Crippen LogP contribution in [0.2, 0.25) is 0 Å². The van der Waals surface area contributed by atoms with Crippen molar-refractivity contribution in [3.63, 3.8) is 0 Å². The van der Waals surface area contributed by atoms with Gasteiger partial charge in [0.1, 0.15) is 5.82 Å². The van der Waals surface area contributed by atoms with Crippen LogP contribution in [0.3, 0.4) is 0 Å². The van der Waals surface area contributed by atoms with Gasteiger partial charge in [-0.15, -0.1) is 0 Å². The zero-order valence-corrected chi connectivity index (χ0v) is 13.4. The van der Waals surface area contributed by atoms with Gasteiger partial charge in [0.05, 0.1) is 11.1 Å².